The molecule has 1 saturated carbocycles. The Morgan fingerprint density at radius 1 is 1.17 bits per heavy atom. The Morgan fingerprint density at radius 2 is 1.75 bits per heavy atom. The van der Waals surface area contributed by atoms with Crippen LogP contribution in [-0.4, -0.2) is 11.5 Å². The summed E-state index contributed by atoms with van der Waals surface area (Å²) >= 11 is 5.76. The lowest BCUT2D eigenvalue weighted by atomic mass is 9.98. The van der Waals surface area contributed by atoms with Crippen LogP contribution >= 0.6 is 11.6 Å². The number of halogens is 2. The van der Waals surface area contributed by atoms with Gasteiger partial charge in [0.2, 0.25) is 6.10 Å². The molecule has 0 bridgehead atoms. The van der Waals surface area contributed by atoms with E-state index in [2.05, 4.69) is 4.29 Å². The van der Waals surface area contributed by atoms with Gasteiger partial charge in [-0.2, -0.15) is 14.0 Å². The maximum Gasteiger partial charge on any atom is 0.230 e. The number of hydrogen-bond acceptors (Lipinski definition) is 4. The number of rotatable bonds is 2. The van der Waals surface area contributed by atoms with Crippen molar-refractivity contribution in [1.29, 1.82) is 0 Å². The van der Waals surface area contributed by atoms with Crippen LogP contribution in [-0.2, 0) is 4.29 Å². The smallest absolute Gasteiger partial charge is 0.183 e. The summed E-state index contributed by atoms with van der Waals surface area (Å²) in [6, 6.07) is 0. The minimum atomic E-state index is -4.33. The highest BCUT2D eigenvalue weighted by Crippen LogP contribution is 2.26. The van der Waals surface area contributed by atoms with Crippen LogP contribution in [0.15, 0.2) is 0 Å². The molecule has 12 heavy (non-hydrogen) atoms. The summed E-state index contributed by atoms with van der Waals surface area (Å²) < 4.78 is 34.8. The second kappa shape index (κ2) is 4.09. The molecule has 0 saturated heterocycles. The van der Waals surface area contributed by atoms with Crippen molar-refractivity contribution in [3.8, 4) is 0 Å². The van der Waals surface area contributed by atoms with Gasteiger partial charge in [0.25, 0.3) is 0 Å². The molecule has 1 fully saturated rings. The van der Waals surface area contributed by atoms with Crippen LogP contribution in [0.1, 0.15) is 25.7 Å². The van der Waals surface area contributed by atoms with Gasteiger partial charge in [0.1, 0.15) is 0 Å². The van der Waals surface area contributed by atoms with E-state index in [4.69, 9.17) is 11.6 Å². The third kappa shape index (κ3) is 3.43. The first kappa shape index (κ1) is 10.5. The third-order valence-electron chi connectivity index (χ3n) is 1.85. The van der Waals surface area contributed by atoms with Gasteiger partial charge in [-0.05, 0) is 12.8 Å². The van der Waals surface area contributed by atoms with Gasteiger partial charge < -0.3 is 0 Å². The highest BCUT2D eigenvalue weighted by Gasteiger charge is 2.36. The topological polar surface area (TPSA) is 78.4 Å². The normalized spacial score (nSPS) is 32.0. The van der Waals surface area contributed by atoms with Crippen LogP contribution in [0, 0.1) is 10.2 Å². The molecule has 6 heteroatoms. The SMILES string of the molecule is [O-][Cl+3]([O-])([O-])O[C@@H]1CCCC[C@H]1Cl. The summed E-state index contributed by atoms with van der Waals surface area (Å²) in [7, 11) is -4.33. The van der Waals surface area contributed by atoms with E-state index < -0.39 is 16.3 Å². The van der Waals surface area contributed by atoms with E-state index in [0.29, 0.717) is 12.8 Å². The maximum absolute atomic E-state index is 10.2. The zero-order chi connectivity index (χ0) is 9.19. The highest BCUT2D eigenvalue weighted by atomic mass is 35.7. The Labute approximate surface area is 77.8 Å². The van der Waals surface area contributed by atoms with Crippen molar-refractivity contribution in [2.24, 2.45) is 0 Å². The van der Waals surface area contributed by atoms with Crippen LogP contribution in [0.2, 0.25) is 0 Å². The minimum Gasteiger partial charge on any atom is -0.183 e. The van der Waals surface area contributed by atoms with E-state index in [0.717, 1.165) is 12.8 Å². The molecule has 0 amide bonds. The molecule has 1 aliphatic rings. The van der Waals surface area contributed by atoms with Crippen LogP contribution in [0.3, 0.4) is 0 Å². The second-order valence-electron chi connectivity index (χ2n) is 2.81. The van der Waals surface area contributed by atoms with Crippen molar-refractivity contribution in [3.05, 3.63) is 0 Å². The lowest BCUT2D eigenvalue weighted by molar-refractivity contribution is -1.92. The van der Waals surface area contributed by atoms with Gasteiger partial charge in [-0.25, -0.2) is 0 Å². The minimum absolute atomic E-state index is 0.352. The van der Waals surface area contributed by atoms with Gasteiger partial charge in [0.05, 0.1) is 19.9 Å². The summed E-state index contributed by atoms with van der Waals surface area (Å²) in [5.41, 5.74) is 0. The van der Waals surface area contributed by atoms with E-state index in [1.54, 1.807) is 0 Å². The van der Waals surface area contributed by atoms with Gasteiger partial charge in [-0.3, -0.25) is 0 Å². The first-order valence-corrected chi connectivity index (χ1v) is 5.39. The number of hydrogen-bond donors (Lipinski definition) is 0. The van der Waals surface area contributed by atoms with Crippen LogP contribution in [0.4, 0.5) is 0 Å². The van der Waals surface area contributed by atoms with E-state index >= 15 is 0 Å². The Hall–Kier alpha value is 0.420. The zero-order valence-corrected chi connectivity index (χ0v) is 7.88. The van der Waals surface area contributed by atoms with Gasteiger partial charge in [-0.1, -0.05) is 12.8 Å². The molecule has 1 aliphatic carbocycles. The molecule has 0 aliphatic heterocycles. The molecule has 0 spiro atoms. The van der Waals surface area contributed by atoms with Crippen molar-refractivity contribution in [3.63, 3.8) is 0 Å². The lowest BCUT2D eigenvalue weighted by Gasteiger charge is -2.24. The Kier molecular flexibility index (Phi) is 3.58. The van der Waals surface area contributed by atoms with Crippen molar-refractivity contribution >= 4 is 11.6 Å². The second-order valence-corrected chi connectivity index (χ2v) is 4.30. The van der Waals surface area contributed by atoms with Gasteiger partial charge in [0.15, 0.2) is 0 Å². The van der Waals surface area contributed by atoms with Crippen molar-refractivity contribution in [2.75, 3.05) is 0 Å². The van der Waals surface area contributed by atoms with E-state index in [9.17, 15) is 14.0 Å². The molecular weight excluding hydrogens is 207 g/mol. The lowest BCUT2D eigenvalue weighted by Crippen LogP contribution is -2.63. The van der Waals surface area contributed by atoms with Gasteiger partial charge in [0, 0.05) is 0 Å². The third-order valence-corrected chi connectivity index (χ3v) is 2.79. The molecule has 0 heterocycles. The fraction of sp³-hybridized carbons (Fsp3) is 1.00. The molecule has 0 aromatic heterocycles. The quantitative estimate of drug-likeness (QED) is 0.524. The summed E-state index contributed by atoms with van der Waals surface area (Å²) in [5.74, 6) is 0. The molecule has 2 atom stereocenters. The van der Waals surface area contributed by atoms with E-state index in [1.807, 2.05) is 0 Å². The maximum atomic E-state index is 10.2. The Bertz CT molecular complexity index is 147. The van der Waals surface area contributed by atoms with Gasteiger partial charge in [-0.15, -0.1) is 11.6 Å². The molecule has 0 aromatic carbocycles. The number of alkyl halides is 1. The Morgan fingerprint density at radius 3 is 2.25 bits per heavy atom. The summed E-state index contributed by atoms with van der Waals surface area (Å²) in [6.45, 7) is 0. The standard InChI is InChI=1S/C6H10Cl2O4/c7-5-3-1-2-4-6(5)12-8(9,10)11/h5-6H,1-4H2/t5-,6-/m1/s1. The largest absolute Gasteiger partial charge is 0.230 e. The summed E-state index contributed by atoms with van der Waals surface area (Å²) in [4.78, 5) is 0. The zero-order valence-electron chi connectivity index (χ0n) is 6.37. The molecule has 72 valence electrons. The average Bonchev–Trinajstić information content (AvgIpc) is 1.91. The van der Waals surface area contributed by atoms with E-state index in [1.165, 1.54) is 0 Å². The predicted octanol–water partition coefficient (Wildman–Crippen LogP) is -1.55. The molecule has 0 unspecified atom stereocenters. The molecule has 0 N–H and O–H groups in total. The van der Waals surface area contributed by atoms with Crippen molar-refractivity contribution < 1.29 is 28.5 Å². The fourth-order valence-corrected chi connectivity index (χ4v) is 2.17. The molecule has 0 aromatic rings. The monoisotopic (exact) mass is 216 g/mol. The molecule has 0 radical (unpaired) electrons. The van der Waals surface area contributed by atoms with Crippen molar-refractivity contribution in [2.45, 2.75) is 37.2 Å². The van der Waals surface area contributed by atoms with Crippen molar-refractivity contribution in [1.82, 2.24) is 0 Å². The highest BCUT2D eigenvalue weighted by molar-refractivity contribution is 6.21. The van der Waals surface area contributed by atoms with Crippen LogP contribution < -0.4 is 14.0 Å². The molecule has 4 nitrogen and oxygen atoms in total. The summed E-state index contributed by atoms with van der Waals surface area (Å²) in [5, 5.41) is -0.352. The fourth-order valence-electron chi connectivity index (χ4n) is 1.29. The average molecular weight is 217 g/mol. The van der Waals surface area contributed by atoms with E-state index in [-0.39, 0.29) is 5.38 Å². The predicted molar refractivity (Wildman–Crippen MR) is 33.0 cm³/mol. The van der Waals surface area contributed by atoms with Gasteiger partial charge >= 0.3 is 0 Å². The van der Waals surface area contributed by atoms with Crippen LogP contribution in [0.25, 0.3) is 0 Å². The Balaban J connectivity index is 2.39. The molecular formula is C6H10Cl2O4. The molecule has 1 rings (SSSR count). The first-order chi connectivity index (χ1) is 5.49. The first-order valence-electron chi connectivity index (χ1n) is 3.72. The summed E-state index contributed by atoms with van der Waals surface area (Å²) in [6.07, 6.45) is 2.44. The van der Waals surface area contributed by atoms with Crippen LogP contribution in [0.5, 0.6) is 0 Å².